The van der Waals surface area contributed by atoms with E-state index in [1.165, 1.54) is 29.5 Å². The van der Waals surface area contributed by atoms with Crippen LogP contribution in [0.4, 0.5) is 13.2 Å². The largest absolute Gasteiger partial charge is 0.435 e. The van der Waals surface area contributed by atoms with E-state index in [4.69, 9.17) is 28.0 Å². The van der Waals surface area contributed by atoms with Crippen LogP contribution in [0.15, 0.2) is 29.4 Å². The summed E-state index contributed by atoms with van der Waals surface area (Å²) >= 11 is 13.3. The van der Waals surface area contributed by atoms with E-state index in [0.29, 0.717) is 23.9 Å². The van der Waals surface area contributed by atoms with Crippen molar-refractivity contribution >= 4 is 46.3 Å². The topological polar surface area (TPSA) is 53.9 Å². The molecule has 33 heavy (non-hydrogen) atoms. The van der Waals surface area contributed by atoms with E-state index in [-0.39, 0.29) is 33.4 Å². The van der Waals surface area contributed by atoms with Crippen molar-refractivity contribution in [1.82, 2.24) is 10.2 Å². The number of rotatable bonds is 4. The lowest BCUT2D eigenvalue weighted by molar-refractivity contribution is -0.275. The molecule has 1 aromatic carbocycles. The number of fused-ring (bicyclic) bond motifs is 1. The van der Waals surface area contributed by atoms with Gasteiger partial charge in [0, 0.05) is 33.1 Å². The molecule has 1 fully saturated rings. The number of alkyl halides is 3. The van der Waals surface area contributed by atoms with Gasteiger partial charge in [0.25, 0.3) is 11.5 Å². The van der Waals surface area contributed by atoms with Crippen LogP contribution in [0.25, 0.3) is 0 Å². The molecule has 1 aliphatic carbocycles. The van der Waals surface area contributed by atoms with Gasteiger partial charge in [-0.15, -0.1) is 11.3 Å². The summed E-state index contributed by atoms with van der Waals surface area (Å²) in [5.74, 6) is 0.649. The predicted molar refractivity (Wildman–Crippen MR) is 121 cm³/mol. The minimum Gasteiger partial charge on any atom is -0.372 e. The Labute approximate surface area is 202 Å². The number of nitrogens with zero attached hydrogens (tertiary/aromatic N) is 2. The molecule has 2 aromatic rings. The molecule has 2 unspecified atom stereocenters. The van der Waals surface area contributed by atoms with Crippen LogP contribution in [0, 0.1) is 5.92 Å². The Morgan fingerprint density at radius 1 is 1.24 bits per heavy atom. The molecule has 0 spiro atoms. The Morgan fingerprint density at radius 3 is 2.55 bits per heavy atom. The highest BCUT2D eigenvalue weighted by atomic mass is 35.5. The maximum Gasteiger partial charge on any atom is 0.435 e. The SMILES string of the molecule is CC(NC(=O)c1cc2c(s1)CN(C1=NOC(c3cc(Cl)cc(Cl)c3)(C(F)(F)F)C1)C2)C1CC1. The molecule has 1 saturated carbocycles. The number of carbonyl (C=O) groups excluding carboxylic acids is 1. The van der Waals surface area contributed by atoms with Gasteiger partial charge in [0.05, 0.1) is 17.8 Å². The molecule has 1 amide bonds. The van der Waals surface area contributed by atoms with Crippen molar-refractivity contribution in [3.8, 4) is 0 Å². The zero-order valence-corrected chi connectivity index (χ0v) is 19.8. The summed E-state index contributed by atoms with van der Waals surface area (Å²) in [6.07, 6.45) is -2.95. The van der Waals surface area contributed by atoms with E-state index in [2.05, 4.69) is 10.5 Å². The van der Waals surface area contributed by atoms with Crippen molar-refractivity contribution in [3.05, 3.63) is 55.2 Å². The number of amidine groups is 1. The first kappa shape index (κ1) is 22.8. The third-order valence-corrected chi connectivity index (χ3v) is 7.97. The smallest absolute Gasteiger partial charge is 0.372 e. The van der Waals surface area contributed by atoms with E-state index in [1.54, 1.807) is 4.90 Å². The molecule has 3 aliphatic rings. The normalized spacial score (nSPS) is 23.2. The zero-order valence-electron chi connectivity index (χ0n) is 17.5. The molecular formula is C22H20Cl2F3N3O2S. The maximum atomic E-state index is 14.2. The van der Waals surface area contributed by atoms with Crippen molar-refractivity contribution in [2.45, 2.75) is 57.1 Å². The van der Waals surface area contributed by atoms with Crippen LogP contribution >= 0.6 is 34.5 Å². The van der Waals surface area contributed by atoms with Gasteiger partial charge >= 0.3 is 6.18 Å². The molecule has 0 radical (unpaired) electrons. The van der Waals surface area contributed by atoms with Gasteiger partial charge < -0.3 is 15.1 Å². The highest BCUT2D eigenvalue weighted by molar-refractivity contribution is 7.14. The Balaban J connectivity index is 1.31. The molecule has 3 heterocycles. The summed E-state index contributed by atoms with van der Waals surface area (Å²) in [6.45, 7) is 2.75. The molecule has 1 N–H and O–H groups in total. The van der Waals surface area contributed by atoms with Gasteiger partial charge in [-0.1, -0.05) is 28.4 Å². The Bertz CT molecular complexity index is 1100. The monoisotopic (exact) mass is 517 g/mol. The fourth-order valence-corrected chi connectivity index (χ4v) is 5.92. The molecule has 11 heteroatoms. The lowest BCUT2D eigenvalue weighted by Gasteiger charge is -2.30. The number of oxime groups is 1. The number of amides is 1. The Morgan fingerprint density at radius 2 is 1.94 bits per heavy atom. The second-order valence-electron chi connectivity index (χ2n) is 8.77. The van der Waals surface area contributed by atoms with Gasteiger partial charge in [-0.05, 0) is 55.5 Å². The van der Waals surface area contributed by atoms with Gasteiger partial charge in [0.15, 0.2) is 0 Å². The van der Waals surface area contributed by atoms with Gasteiger partial charge in [0.1, 0.15) is 5.84 Å². The molecule has 176 valence electrons. The second-order valence-corrected chi connectivity index (χ2v) is 10.8. The van der Waals surface area contributed by atoms with Crippen molar-refractivity contribution in [1.29, 1.82) is 0 Å². The lowest BCUT2D eigenvalue weighted by Crippen LogP contribution is -2.43. The van der Waals surface area contributed by atoms with Gasteiger partial charge in [-0.25, -0.2) is 0 Å². The van der Waals surface area contributed by atoms with E-state index in [1.807, 2.05) is 13.0 Å². The fraction of sp³-hybridized carbons (Fsp3) is 0.455. The zero-order chi connectivity index (χ0) is 23.5. The number of nitrogens with one attached hydrogen (secondary N) is 1. The fourth-order valence-electron chi connectivity index (χ4n) is 4.30. The molecule has 0 saturated heterocycles. The molecule has 2 aliphatic heterocycles. The minimum absolute atomic E-state index is 0.0864. The molecule has 5 rings (SSSR count). The van der Waals surface area contributed by atoms with Crippen LogP contribution in [-0.2, 0) is 23.5 Å². The van der Waals surface area contributed by atoms with Crippen molar-refractivity contribution in [2.24, 2.45) is 11.1 Å². The lowest BCUT2D eigenvalue weighted by atomic mass is 9.89. The first-order chi connectivity index (χ1) is 15.6. The average molecular weight is 518 g/mol. The maximum absolute atomic E-state index is 14.2. The third-order valence-electron chi connectivity index (χ3n) is 6.37. The first-order valence-corrected chi connectivity index (χ1v) is 12.1. The van der Waals surface area contributed by atoms with Crippen LogP contribution in [0.2, 0.25) is 10.0 Å². The molecule has 1 aromatic heterocycles. The minimum atomic E-state index is -4.74. The molecule has 2 atom stereocenters. The summed E-state index contributed by atoms with van der Waals surface area (Å²) in [6, 6.07) is 5.73. The van der Waals surface area contributed by atoms with Gasteiger partial charge in [-0.2, -0.15) is 13.2 Å². The summed E-state index contributed by atoms with van der Waals surface area (Å²) in [5.41, 5.74) is -1.93. The van der Waals surface area contributed by atoms with Crippen LogP contribution in [0.1, 0.15) is 51.9 Å². The number of hydrogen-bond donors (Lipinski definition) is 1. The number of carbonyl (C=O) groups is 1. The number of thiophene rings is 1. The van der Waals surface area contributed by atoms with Crippen LogP contribution in [0.3, 0.4) is 0 Å². The highest BCUT2D eigenvalue weighted by Crippen LogP contribution is 2.50. The van der Waals surface area contributed by atoms with E-state index in [0.717, 1.165) is 23.3 Å². The van der Waals surface area contributed by atoms with E-state index >= 15 is 0 Å². The van der Waals surface area contributed by atoms with E-state index in [9.17, 15) is 18.0 Å². The average Bonchev–Trinajstić information content (AvgIpc) is 3.15. The van der Waals surface area contributed by atoms with Gasteiger partial charge in [0.2, 0.25) is 0 Å². The Hall–Kier alpha value is -1.97. The highest BCUT2D eigenvalue weighted by Gasteiger charge is 2.63. The number of hydrogen-bond acceptors (Lipinski definition) is 5. The standard InChI is InChI=1S/C22H20Cl2F3N3O2S/c1-11(12-2-3-12)28-20(31)17-4-13-9-30(10-18(13)33-17)19-8-21(32-29-19,22(25,26)27)14-5-15(23)7-16(24)6-14/h4-7,11-12H,2-3,8-10H2,1H3,(H,28,31). The predicted octanol–water partition coefficient (Wildman–Crippen LogP) is 6.09. The molecular weight excluding hydrogens is 498 g/mol. The second kappa shape index (κ2) is 8.06. The van der Waals surface area contributed by atoms with Crippen LogP contribution < -0.4 is 5.32 Å². The summed E-state index contributed by atoms with van der Waals surface area (Å²) < 4.78 is 42.6. The number of benzene rings is 1. The third kappa shape index (κ3) is 4.19. The molecule has 0 bridgehead atoms. The van der Waals surface area contributed by atoms with E-state index < -0.39 is 18.2 Å². The summed E-state index contributed by atoms with van der Waals surface area (Å²) in [7, 11) is 0. The first-order valence-electron chi connectivity index (χ1n) is 10.5. The summed E-state index contributed by atoms with van der Waals surface area (Å²) in [5, 5.41) is 7.03. The quantitative estimate of drug-likeness (QED) is 0.533. The Kier molecular flexibility index (Phi) is 5.57. The molecule has 5 nitrogen and oxygen atoms in total. The van der Waals surface area contributed by atoms with Crippen LogP contribution in [-0.4, -0.2) is 28.9 Å². The van der Waals surface area contributed by atoms with Crippen molar-refractivity contribution < 1.29 is 22.8 Å². The summed E-state index contributed by atoms with van der Waals surface area (Å²) in [4.78, 5) is 20.9. The van der Waals surface area contributed by atoms with Crippen molar-refractivity contribution in [2.75, 3.05) is 0 Å². The van der Waals surface area contributed by atoms with Crippen LogP contribution in [0.5, 0.6) is 0 Å². The van der Waals surface area contributed by atoms with Crippen molar-refractivity contribution in [3.63, 3.8) is 0 Å². The van der Waals surface area contributed by atoms with Gasteiger partial charge in [-0.3, -0.25) is 4.79 Å². The number of halogens is 5.